The van der Waals surface area contributed by atoms with Crippen LogP contribution in [0.5, 0.6) is 5.75 Å². The summed E-state index contributed by atoms with van der Waals surface area (Å²) in [5, 5.41) is 11.3. The second-order valence-electron chi connectivity index (χ2n) is 7.09. The SMILES string of the molecule is CC(=O)OCC1Cc2c(-c3ccc(Cl)cn3)cccc2-c2c(O)ccc(C)c21. The Hall–Kier alpha value is -2.85. The number of fused-ring (bicyclic) bond motifs is 3. The predicted molar refractivity (Wildman–Crippen MR) is 110 cm³/mol. The maximum atomic E-state index is 11.4. The van der Waals surface area contributed by atoms with Crippen LogP contribution >= 0.6 is 11.6 Å². The van der Waals surface area contributed by atoms with E-state index in [1.165, 1.54) is 6.92 Å². The maximum Gasteiger partial charge on any atom is 0.302 e. The summed E-state index contributed by atoms with van der Waals surface area (Å²) in [7, 11) is 0. The summed E-state index contributed by atoms with van der Waals surface area (Å²) >= 11 is 6.00. The van der Waals surface area contributed by atoms with Crippen LogP contribution in [0.4, 0.5) is 0 Å². The number of esters is 1. The first-order valence-electron chi connectivity index (χ1n) is 9.15. The molecule has 0 saturated carbocycles. The van der Waals surface area contributed by atoms with Gasteiger partial charge in [-0.25, -0.2) is 0 Å². The molecule has 142 valence electrons. The van der Waals surface area contributed by atoms with Crippen LogP contribution in [0, 0.1) is 6.92 Å². The van der Waals surface area contributed by atoms with Crippen molar-refractivity contribution in [3.63, 3.8) is 0 Å². The minimum Gasteiger partial charge on any atom is -0.507 e. The summed E-state index contributed by atoms with van der Waals surface area (Å²) in [5.41, 5.74) is 6.82. The van der Waals surface area contributed by atoms with Crippen molar-refractivity contribution in [2.24, 2.45) is 0 Å². The van der Waals surface area contributed by atoms with Crippen molar-refractivity contribution in [2.75, 3.05) is 6.61 Å². The van der Waals surface area contributed by atoms with Crippen LogP contribution in [-0.2, 0) is 16.0 Å². The highest BCUT2D eigenvalue weighted by atomic mass is 35.5. The van der Waals surface area contributed by atoms with Crippen molar-refractivity contribution in [3.05, 3.63) is 70.4 Å². The van der Waals surface area contributed by atoms with E-state index in [0.29, 0.717) is 11.4 Å². The number of ether oxygens (including phenoxy) is 1. The van der Waals surface area contributed by atoms with Gasteiger partial charge in [0.2, 0.25) is 0 Å². The Morgan fingerprint density at radius 3 is 2.71 bits per heavy atom. The minimum absolute atomic E-state index is 0.0352. The van der Waals surface area contributed by atoms with Crippen molar-refractivity contribution in [1.29, 1.82) is 0 Å². The highest BCUT2D eigenvalue weighted by Gasteiger charge is 2.31. The number of phenols is 1. The topological polar surface area (TPSA) is 59.4 Å². The van der Waals surface area contributed by atoms with Crippen molar-refractivity contribution in [2.45, 2.75) is 26.2 Å². The number of halogens is 1. The van der Waals surface area contributed by atoms with E-state index >= 15 is 0 Å². The summed E-state index contributed by atoms with van der Waals surface area (Å²) in [6.45, 7) is 3.71. The average molecular weight is 394 g/mol. The number of hydrogen-bond donors (Lipinski definition) is 1. The Bertz CT molecular complexity index is 1060. The molecular weight excluding hydrogens is 374 g/mol. The molecule has 2 aromatic carbocycles. The molecule has 3 aromatic rings. The van der Waals surface area contributed by atoms with Crippen molar-refractivity contribution in [1.82, 2.24) is 4.98 Å². The van der Waals surface area contributed by atoms with Gasteiger partial charge in [0.05, 0.1) is 17.3 Å². The maximum absolute atomic E-state index is 11.4. The molecule has 1 unspecified atom stereocenters. The molecule has 1 N–H and O–H groups in total. The fraction of sp³-hybridized carbons (Fsp3) is 0.217. The van der Waals surface area contributed by atoms with Gasteiger partial charge in [0.15, 0.2) is 0 Å². The first kappa shape index (κ1) is 18.5. The zero-order valence-corrected chi connectivity index (χ0v) is 16.5. The Balaban J connectivity index is 1.92. The van der Waals surface area contributed by atoms with Gasteiger partial charge in [-0.3, -0.25) is 9.78 Å². The molecule has 1 aromatic heterocycles. The highest BCUT2D eigenvalue weighted by molar-refractivity contribution is 6.30. The lowest BCUT2D eigenvalue weighted by Gasteiger charge is -2.31. The highest BCUT2D eigenvalue weighted by Crippen LogP contribution is 2.48. The number of hydrogen-bond acceptors (Lipinski definition) is 4. The third-order valence-electron chi connectivity index (χ3n) is 5.24. The van der Waals surface area contributed by atoms with Gasteiger partial charge >= 0.3 is 5.97 Å². The number of aromatic nitrogens is 1. The lowest BCUT2D eigenvalue weighted by molar-refractivity contribution is -0.141. The van der Waals surface area contributed by atoms with Gasteiger partial charge < -0.3 is 9.84 Å². The monoisotopic (exact) mass is 393 g/mol. The third kappa shape index (κ3) is 3.25. The van der Waals surface area contributed by atoms with Crippen LogP contribution in [0.2, 0.25) is 5.02 Å². The van der Waals surface area contributed by atoms with E-state index in [1.807, 2.05) is 43.3 Å². The van der Waals surface area contributed by atoms with E-state index in [1.54, 1.807) is 12.3 Å². The summed E-state index contributed by atoms with van der Waals surface area (Å²) in [4.78, 5) is 15.9. The van der Waals surface area contributed by atoms with E-state index < -0.39 is 0 Å². The number of carbonyl (C=O) groups excluding carboxylic acids is 1. The molecule has 4 nitrogen and oxygen atoms in total. The second-order valence-corrected chi connectivity index (χ2v) is 7.52. The normalized spacial score (nSPS) is 14.9. The van der Waals surface area contributed by atoms with Crippen LogP contribution in [0.3, 0.4) is 0 Å². The fourth-order valence-electron chi connectivity index (χ4n) is 4.05. The molecule has 0 bridgehead atoms. The smallest absolute Gasteiger partial charge is 0.302 e. The molecule has 5 heteroatoms. The number of pyridine rings is 1. The zero-order chi connectivity index (χ0) is 19.8. The van der Waals surface area contributed by atoms with Crippen LogP contribution < -0.4 is 0 Å². The van der Waals surface area contributed by atoms with Gasteiger partial charge in [-0.15, -0.1) is 0 Å². The van der Waals surface area contributed by atoms with E-state index in [4.69, 9.17) is 16.3 Å². The molecule has 4 rings (SSSR count). The van der Waals surface area contributed by atoms with Crippen molar-refractivity contribution >= 4 is 17.6 Å². The van der Waals surface area contributed by atoms with Gasteiger partial charge in [0.1, 0.15) is 5.75 Å². The van der Waals surface area contributed by atoms with Gasteiger partial charge in [-0.05, 0) is 53.8 Å². The molecule has 0 spiro atoms. The molecular formula is C23H20ClNO3. The van der Waals surface area contributed by atoms with E-state index in [2.05, 4.69) is 4.98 Å². The van der Waals surface area contributed by atoms with Gasteiger partial charge in [0.25, 0.3) is 0 Å². The van der Waals surface area contributed by atoms with Crippen molar-refractivity contribution < 1.29 is 14.6 Å². The fourth-order valence-corrected chi connectivity index (χ4v) is 4.16. The molecule has 0 radical (unpaired) electrons. The summed E-state index contributed by atoms with van der Waals surface area (Å²) in [6.07, 6.45) is 2.32. The molecule has 1 aliphatic carbocycles. The van der Waals surface area contributed by atoms with E-state index in [0.717, 1.165) is 39.1 Å². The lowest BCUT2D eigenvalue weighted by Crippen LogP contribution is -2.20. The number of aromatic hydroxyl groups is 1. The Morgan fingerprint density at radius 1 is 1.21 bits per heavy atom. The first-order valence-corrected chi connectivity index (χ1v) is 9.53. The molecule has 1 heterocycles. The summed E-state index contributed by atoms with van der Waals surface area (Å²) in [6, 6.07) is 13.4. The Kier molecular flexibility index (Phi) is 4.82. The number of rotatable bonds is 3. The summed E-state index contributed by atoms with van der Waals surface area (Å²) in [5.74, 6) is -0.111. The van der Waals surface area contributed by atoms with Crippen LogP contribution in [0.1, 0.15) is 29.5 Å². The van der Waals surface area contributed by atoms with Crippen LogP contribution in [0.15, 0.2) is 48.7 Å². The number of carbonyl (C=O) groups is 1. The molecule has 1 aliphatic rings. The van der Waals surface area contributed by atoms with Gasteiger partial charge in [-0.2, -0.15) is 0 Å². The second kappa shape index (κ2) is 7.28. The standard InChI is InChI=1S/C23H20ClNO3/c1-13-6-9-21(27)23-18-5-3-4-17(20-8-7-16(24)11-25-20)19(18)10-15(22(13)23)12-28-14(2)26/h3-9,11,15,27H,10,12H2,1-2H3. The number of benzene rings is 2. The zero-order valence-electron chi connectivity index (χ0n) is 15.7. The number of aryl methyl sites for hydroxylation is 1. The molecule has 0 aliphatic heterocycles. The lowest BCUT2D eigenvalue weighted by atomic mass is 9.75. The van der Waals surface area contributed by atoms with Crippen LogP contribution in [-0.4, -0.2) is 22.7 Å². The molecule has 0 saturated heterocycles. The predicted octanol–water partition coefficient (Wildman–Crippen LogP) is 5.29. The van der Waals surface area contributed by atoms with Gasteiger partial charge in [0, 0.05) is 30.2 Å². The first-order chi connectivity index (χ1) is 13.5. The molecule has 0 fully saturated rings. The minimum atomic E-state index is -0.308. The van der Waals surface area contributed by atoms with Gasteiger partial charge in [-0.1, -0.05) is 35.9 Å². The molecule has 1 atom stereocenters. The number of phenolic OH excluding ortho intramolecular Hbond substituents is 1. The number of nitrogens with zero attached hydrogens (tertiary/aromatic N) is 1. The summed E-state index contributed by atoms with van der Waals surface area (Å²) < 4.78 is 5.36. The quantitative estimate of drug-likeness (QED) is 0.614. The van der Waals surface area contributed by atoms with Crippen LogP contribution in [0.25, 0.3) is 22.4 Å². The largest absolute Gasteiger partial charge is 0.507 e. The van der Waals surface area contributed by atoms with E-state index in [-0.39, 0.29) is 24.2 Å². The Labute approximate surface area is 168 Å². The van der Waals surface area contributed by atoms with Crippen molar-refractivity contribution in [3.8, 4) is 28.1 Å². The molecule has 28 heavy (non-hydrogen) atoms. The third-order valence-corrected chi connectivity index (χ3v) is 5.46. The molecule has 0 amide bonds. The Morgan fingerprint density at radius 2 is 2.00 bits per heavy atom. The average Bonchev–Trinajstić information content (AvgIpc) is 2.68. The van der Waals surface area contributed by atoms with E-state index in [9.17, 15) is 9.90 Å².